The topological polar surface area (TPSA) is 38.0 Å². The molecular formula is C11H16N2. The molecule has 0 heterocycles. The summed E-state index contributed by atoms with van der Waals surface area (Å²) < 4.78 is 0. The molecule has 0 radical (unpaired) electrons. The van der Waals surface area contributed by atoms with E-state index in [1.54, 1.807) is 6.08 Å². The molecule has 2 nitrogen and oxygen atoms in total. The number of benzene rings is 1. The molecule has 0 aliphatic heterocycles. The fourth-order valence-electron chi connectivity index (χ4n) is 1.26. The monoisotopic (exact) mass is 176 g/mol. The van der Waals surface area contributed by atoms with E-state index in [-0.39, 0.29) is 6.04 Å². The lowest BCUT2D eigenvalue weighted by atomic mass is 10.0. The van der Waals surface area contributed by atoms with Crippen LogP contribution in [0.1, 0.15) is 22.7 Å². The number of aryl methyl sites for hydroxylation is 2. The van der Waals surface area contributed by atoms with Gasteiger partial charge in [0.15, 0.2) is 0 Å². The summed E-state index contributed by atoms with van der Waals surface area (Å²) in [5, 5.41) is 0. The minimum Gasteiger partial charge on any atom is -0.271 e. The molecule has 2 heteroatoms. The number of hydrogen-bond donors (Lipinski definition) is 2. The Bertz CT molecular complexity index is 305. The largest absolute Gasteiger partial charge is 0.271 e. The Balaban J connectivity index is 3.01. The van der Waals surface area contributed by atoms with Gasteiger partial charge < -0.3 is 0 Å². The second-order valence-electron chi connectivity index (χ2n) is 3.22. The van der Waals surface area contributed by atoms with E-state index in [1.807, 2.05) is 0 Å². The van der Waals surface area contributed by atoms with Crippen LogP contribution in [0.15, 0.2) is 30.9 Å². The van der Waals surface area contributed by atoms with Crippen LogP contribution in [0.3, 0.4) is 0 Å². The molecule has 70 valence electrons. The average molecular weight is 176 g/mol. The Morgan fingerprint density at radius 1 is 1.38 bits per heavy atom. The van der Waals surface area contributed by atoms with Crippen molar-refractivity contribution in [2.75, 3.05) is 0 Å². The number of hydrazine groups is 1. The van der Waals surface area contributed by atoms with Crippen molar-refractivity contribution in [3.63, 3.8) is 0 Å². The number of nitrogens with two attached hydrogens (primary N) is 1. The number of hydrogen-bond acceptors (Lipinski definition) is 2. The molecule has 0 amide bonds. The summed E-state index contributed by atoms with van der Waals surface area (Å²) in [6.07, 6.45) is 1.80. The van der Waals surface area contributed by atoms with Gasteiger partial charge in [0, 0.05) is 0 Å². The number of nitrogens with one attached hydrogen (secondary N) is 1. The molecule has 1 rings (SSSR count). The molecular weight excluding hydrogens is 160 g/mol. The highest BCUT2D eigenvalue weighted by Gasteiger charge is 2.04. The van der Waals surface area contributed by atoms with Crippen molar-refractivity contribution >= 4 is 0 Å². The molecule has 3 N–H and O–H groups in total. The minimum atomic E-state index is 0.0410. The fourth-order valence-corrected chi connectivity index (χ4v) is 1.26. The van der Waals surface area contributed by atoms with E-state index in [2.05, 4.69) is 44.1 Å². The van der Waals surface area contributed by atoms with Crippen molar-refractivity contribution in [3.05, 3.63) is 47.5 Å². The van der Waals surface area contributed by atoms with Gasteiger partial charge in [0.1, 0.15) is 0 Å². The summed E-state index contributed by atoms with van der Waals surface area (Å²) in [4.78, 5) is 0. The Hall–Kier alpha value is -1.12. The van der Waals surface area contributed by atoms with E-state index in [0.29, 0.717) is 0 Å². The SMILES string of the molecule is C=CC(NN)c1ccc(C)c(C)c1. The highest BCUT2D eigenvalue weighted by molar-refractivity contribution is 5.33. The van der Waals surface area contributed by atoms with Crippen LogP contribution in [0.2, 0.25) is 0 Å². The third-order valence-electron chi connectivity index (χ3n) is 2.31. The molecule has 0 bridgehead atoms. The molecule has 0 saturated heterocycles. The van der Waals surface area contributed by atoms with Crippen LogP contribution in [0, 0.1) is 13.8 Å². The smallest absolute Gasteiger partial charge is 0.0638 e. The first kappa shape index (κ1) is 9.96. The van der Waals surface area contributed by atoms with Crippen LogP contribution in [0.5, 0.6) is 0 Å². The lowest BCUT2D eigenvalue weighted by molar-refractivity contribution is 0.656. The van der Waals surface area contributed by atoms with Gasteiger partial charge in [0.2, 0.25) is 0 Å². The van der Waals surface area contributed by atoms with Crippen molar-refractivity contribution in [3.8, 4) is 0 Å². The van der Waals surface area contributed by atoms with Gasteiger partial charge in [0.25, 0.3) is 0 Å². The second-order valence-corrected chi connectivity index (χ2v) is 3.22. The molecule has 0 fully saturated rings. The molecule has 0 aliphatic carbocycles. The normalized spacial score (nSPS) is 12.5. The van der Waals surface area contributed by atoms with E-state index in [9.17, 15) is 0 Å². The molecule has 0 spiro atoms. The average Bonchev–Trinajstić information content (AvgIpc) is 2.13. The zero-order valence-electron chi connectivity index (χ0n) is 8.17. The number of rotatable bonds is 3. The van der Waals surface area contributed by atoms with Crippen LogP contribution in [0.25, 0.3) is 0 Å². The second kappa shape index (κ2) is 4.21. The van der Waals surface area contributed by atoms with E-state index in [4.69, 9.17) is 5.84 Å². The first-order chi connectivity index (χ1) is 6.19. The maximum absolute atomic E-state index is 5.38. The molecule has 1 atom stereocenters. The first-order valence-electron chi connectivity index (χ1n) is 4.35. The summed E-state index contributed by atoms with van der Waals surface area (Å²) in [5.74, 6) is 5.38. The first-order valence-corrected chi connectivity index (χ1v) is 4.35. The zero-order valence-corrected chi connectivity index (χ0v) is 8.17. The van der Waals surface area contributed by atoms with Crippen LogP contribution in [-0.4, -0.2) is 0 Å². The van der Waals surface area contributed by atoms with Crippen LogP contribution >= 0.6 is 0 Å². The van der Waals surface area contributed by atoms with Crippen molar-refractivity contribution < 1.29 is 0 Å². The quantitative estimate of drug-likeness (QED) is 0.420. The molecule has 0 saturated carbocycles. The molecule has 0 aromatic heterocycles. The van der Waals surface area contributed by atoms with Crippen LogP contribution in [-0.2, 0) is 0 Å². The van der Waals surface area contributed by atoms with Gasteiger partial charge in [-0.15, -0.1) is 6.58 Å². The summed E-state index contributed by atoms with van der Waals surface area (Å²) >= 11 is 0. The standard InChI is InChI=1S/C11H16N2/c1-4-11(13-12)10-6-5-8(2)9(3)7-10/h4-7,11,13H,1,12H2,2-3H3. The summed E-state index contributed by atoms with van der Waals surface area (Å²) in [7, 11) is 0. The molecule has 1 unspecified atom stereocenters. The van der Waals surface area contributed by atoms with E-state index in [1.165, 1.54) is 11.1 Å². The third-order valence-corrected chi connectivity index (χ3v) is 2.31. The maximum atomic E-state index is 5.38. The van der Waals surface area contributed by atoms with Gasteiger partial charge in [-0.3, -0.25) is 5.84 Å². The summed E-state index contributed by atoms with van der Waals surface area (Å²) in [6.45, 7) is 7.91. The van der Waals surface area contributed by atoms with E-state index >= 15 is 0 Å². The third kappa shape index (κ3) is 2.17. The van der Waals surface area contributed by atoms with Gasteiger partial charge >= 0.3 is 0 Å². The summed E-state index contributed by atoms with van der Waals surface area (Å²) in [6, 6.07) is 6.33. The van der Waals surface area contributed by atoms with Crippen molar-refractivity contribution in [1.82, 2.24) is 5.43 Å². The molecule has 1 aromatic carbocycles. The van der Waals surface area contributed by atoms with Gasteiger partial charge in [-0.05, 0) is 30.5 Å². The predicted octanol–water partition coefficient (Wildman–Crippen LogP) is 1.99. The fraction of sp³-hybridized carbons (Fsp3) is 0.273. The Morgan fingerprint density at radius 2 is 2.08 bits per heavy atom. The van der Waals surface area contributed by atoms with Gasteiger partial charge in [0.05, 0.1) is 6.04 Å². The minimum absolute atomic E-state index is 0.0410. The van der Waals surface area contributed by atoms with Crippen molar-refractivity contribution in [2.24, 2.45) is 5.84 Å². The Morgan fingerprint density at radius 3 is 2.54 bits per heavy atom. The van der Waals surface area contributed by atoms with Gasteiger partial charge in [-0.2, -0.15) is 0 Å². The van der Waals surface area contributed by atoms with E-state index in [0.717, 1.165) is 5.56 Å². The van der Waals surface area contributed by atoms with Crippen LogP contribution < -0.4 is 11.3 Å². The molecule has 0 aliphatic rings. The highest BCUT2D eigenvalue weighted by Crippen LogP contribution is 2.16. The van der Waals surface area contributed by atoms with Crippen molar-refractivity contribution in [1.29, 1.82) is 0 Å². The van der Waals surface area contributed by atoms with Gasteiger partial charge in [-0.25, -0.2) is 5.43 Å². The highest BCUT2D eigenvalue weighted by atomic mass is 15.2. The maximum Gasteiger partial charge on any atom is 0.0638 e. The Labute approximate surface area is 79.4 Å². The Kier molecular flexibility index (Phi) is 3.23. The summed E-state index contributed by atoms with van der Waals surface area (Å²) in [5.41, 5.74) is 6.42. The molecule has 1 aromatic rings. The predicted molar refractivity (Wildman–Crippen MR) is 56.2 cm³/mol. The zero-order chi connectivity index (χ0) is 9.84. The lowest BCUT2D eigenvalue weighted by Crippen LogP contribution is -2.26. The van der Waals surface area contributed by atoms with Crippen LogP contribution in [0.4, 0.5) is 0 Å². The molecule has 13 heavy (non-hydrogen) atoms. The van der Waals surface area contributed by atoms with Crippen molar-refractivity contribution in [2.45, 2.75) is 19.9 Å². The lowest BCUT2D eigenvalue weighted by Gasteiger charge is -2.12. The van der Waals surface area contributed by atoms with E-state index < -0.39 is 0 Å². The van der Waals surface area contributed by atoms with Gasteiger partial charge in [-0.1, -0.05) is 24.3 Å².